The molecular formula is C19H30ClN3O3S. The van der Waals surface area contributed by atoms with Crippen LogP contribution in [0.25, 0.3) is 0 Å². The topological polar surface area (TPSA) is 69.7 Å². The number of hydrogen-bond donors (Lipinski definition) is 1. The molecule has 1 amide bonds. The van der Waals surface area contributed by atoms with Gasteiger partial charge in [-0.1, -0.05) is 6.07 Å². The lowest BCUT2D eigenvalue weighted by molar-refractivity contribution is -0.132. The number of sulfonamides is 1. The summed E-state index contributed by atoms with van der Waals surface area (Å²) in [7, 11) is -0.399. The minimum Gasteiger partial charge on any atom is -0.342 e. The largest absolute Gasteiger partial charge is 0.342 e. The van der Waals surface area contributed by atoms with Crippen molar-refractivity contribution in [1.82, 2.24) is 14.5 Å². The molecule has 1 aromatic carbocycles. The zero-order chi connectivity index (χ0) is 19.1. The lowest BCUT2D eigenvalue weighted by Crippen LogP contribution is -2.50. The molecule has 0 spiro atoms. The number of carbonyl (C=O) groups excluding carboxylic acids is 1. The molecule has 2 atom stereocenters. The Labute approximate surface area is 168 Å². The maximum Gasteiger partial charge on any atom is 0.243 e. The van der Waals surface area contributed by atoms with Gasteiger partial charge < -0.3 is 10.2 Å². The van der Waals surface area contributed by atoms with E-state index in [1.807, 2.05) is 13.8 Å². The van der Waals surface area contributed by atoms with Gasteiger partial charge in [0.05, 0.1) is 11.4 Å². The van der Waals surface area contributed by atoms with Gasteiger partial charge >= 0.3 is 0 Å². The molecule has 2 fully saturated rings. The van der Waals surface area contributed by atoms with Crippen molar-refractivity contribution in [2.24, 2.45) is 0 Å². The number of hydrogen-bond acceptors (Lipinski definition) is 4. The number of piperidine rings is 1. The Hall–Kier alpha value is -1.15. The van der Waals surface area contributed by atoms with Gasteiger partial charge in [0, 0.05) is 32.2 Å². The quantitative estimate of drug-likeness (QED) is 0.799. The van der Waals surface area contributed by atoms with Crippen LogP contribution in [-0.4, -0.2) is 62.3 Å². The van der Waals surface area contributed by atoms with Gasteiger partial charge in [-0.25, -0.2) is 8.42 Å². The van der Waals surface area contributed by atoms with Gasteiger partial charge in [0.25, 0.3) is 0 Å². The molecule has 3 rings (SSSR count). The second-order valence-electron chi connectivity index (χ2n) is 7.77. The van der Waals surface area contributed by atoms with Crippen LogP contribution in [0.5, 0.6) is 0 Å². The van der Waals surface area contributed by atoms with Crippen molar-refractivity contribution in [1.29, 1.82) is 0 Å². The van der Waals surface area contributed by atoms with Crippen molar-refractivity contribution in [2.45, 2.75) is 62.6 Å². The summed E-state index contributed by atoms with van der Waals surface area (Å²) >= 11 is 0. The summed E-state index contributed by atoms with van der Waals surface area (Å²) in [5.74, 6) is -0.147. The van der Waals surface area contributed by atoms with Gasteiger partial charge in [-0.3, -0.25) is 4.79 Å². The standard InChI is InChI=1S/C19H29N3O3S.ClH/c1-13-5-8-18(9-14(13)2)26(24,25)21(3)12-19(23)22(4)17-10-15-6-7-16(11-17)20-15;/h5,8-9,15-17,20H,6-7,10-12H2,1-4H3;1H. The summed E-state index contributed by atoms with van der Waals surface area (Å²) in [5.41, 5.74) is 1.97. The Balaban J connectivity index is 0.00000261. The highest BCUT2D eigenvalue weighted by Crippen LogP contribution is 2.29. The molecule has 0 saturated carbocycles. The highest BCUT2D eigenvalue weighted by atomic mass is 35.5. The van der Waals surface area contributed by atoms with Gasteiger partial charge in [0.2, 0.25) is 15.9 Å². The molecule has 1 aromatic rings. The SMILES string of the molecule is Cc1ccc(S(=O)(=O)N(C)CC(=O)N(C)C2CC3CCC(C2)N3)cc1C.Cl. The Morgan fingerprint density at radius 1 is 1.11 bits per heavy atom. The van der Waals surface area contributed by atoms with Crippen LogP contribution < -0.4 is 5.32 Å². The normalized spacial score (nSPS) is 24.6. The number of rotatable bonds is 5. The van der Waals surface area contributed by atoms with Gasteiger partial charge in [0.15, 0.2) is 0 Å². The molecule has 2 aliphatic rings. The summed E-state index contributed by atoms with van der Waals surface area (Å²) in [6.45, 7) is 3.70. The van der Waals surface area contributed by atoms with E-state index in [1.54, 1.807) is 30.1 Å². The van der Waals surface area contributed by atoms with E-state index < -0.39 is 10.0 Å². The Morgan fingerprint density at radius 3 is 2.26 bits per heavy atom. The Morgan fingerprint density at radius 2 is 1.70 bits per heavy atom. The van der Waals surface area contributed by atoms with E-state index in [2.05, 4.69) is 5.32 Å². The molecule has 2 heterocycles. The van der Waals surface area contributed by atoms with E-state index in [4.69, 9.17) is 0 Å². The van der Waals surface area contributed by atoms with Gasteiger partial charge in [0.1, 0.15) is 0 Å². The van der Waals surface area contributed by atoms with Crippen LogP contribution in [0.3, 0.4) is 0 Å². The Bertz CT molecular complexity index is 787. The third-order valence-corrected chi connectivity index (χ3v) is 7.73. The summed E-state index contributed by atoms with van der Waals surface area (Å²) in [4.78, 5) is 14.7. The lowest BCUT2D eigenvalue weighted by atomic mass is 9.98. The van der Waals surface area contributed by atoms with Crippen LogP contribution >= 0.6 is 12.4 Å². The lowest BCUT2D eigenvalue weighted by Gasteiger charge is -2.36. The van der Waals surface area contributed by atoms with Crippen LogP contribution in [0.15, 0.2) is 23.1 Å². The number of likely N-dealkylation sites (N-methyl/N-ethyl adjacent to an activating group) is 2. The number of halogens is 1. The zero-order valence-electron chi connectivity index (χ0n) is 16.4. The van der Waals surface area contributed by atoms with E-state index >= 15 is 0 Å². The summed E-state index contributed by atoms with van der Waals surface area (Å²) < 4.78 is 26.7. The second kappa shape index (κ2) is 8.47. The van der Waals surface area contributed by atoms with Crippen molar-refractivity contribution < 1.29 is 13.2 Å². The first kappa shape index (κ1) is 22.1. The maximum atomic E-state index is 12.8. The van der Waals surface area contributed by atoms with E-state index in [9.17, 15) is 13.2 Å². The fraction of sp³-hybridized carbons (Fsp3) is 0.632. The molecule has 8 heteroatoms. The van der Waals surface area contributed by atoms with Crippen molar-refractivity contribution >= 4 is 28.3 Å². The van der Waals surface area contributed by atoms with E-state index in [0.29, 0.717) is 12.1 Å². The number of fused-ring (bicyclic) bond motifs is 2. The molecule has 2 unspecified atom stereocenters. The molecule has 152 valence electrons. The fourth-order valence-corrected chi connectivity index (χ4v) is 5.19. The number of nitrogens with one attached hydrogen (secondary N) is 1. The fourth-order valence-electron chi connectivity index (χ4n) is 3.99. The molecule has 2 bridgehead atoms. The van der Waals surface area contributed by atoms with Crippen LogP contribution in [0.2, 0.25) is 0 Å². The van der Waals surface area contributed by atoms with E-state index in [0.717, 1.165) is 28.3 Å². The second-order valence-corrected chi connectivity index (χ2v) is 9.82. The molecule has 0 radical (unpaired) electrons. The molecule has 0 aliphatic carbocycles. The predicted molar refractivity (Wildman–Crippen MR) is 109 cm³/mol. The first-order chi connectivity index (χ1) is 12.2. The molecule has 2 aliphatic heterocycles. The van der Waals surface area contributed by atoms with Crippen molar-refractivity contribution in [2.75, 3.05) is 20.6 Å². The average molecular weight is 416 g/mol. The van der Waals surface area contributed by atoms with Crippen molar-refractivity contribution in [3.05, 3.63) is 29.3 Å². The minimum absolute atomic E-state index is 0. The van der Waals surface area contributed by atoms with E-state index in [-0.39, 0.29) is 35.8 Å². The number of carbonyl (C=O) groups is 1. The Kier molecular flexibility index (Phi) is 6.95. The first-order valence-electron chi connectivity index (χ1n) is 9.24. The highest BCUT2D eigenvalue weighted by molar-refractivity contribution is 7.89. The van der Waals surface area contributed by atoms with Crippen LogP contribution in [0.4, 0.5) is 0 Å². The summed E-state index contributed by atoms with van der Waals surface area (Å²) in [6.07, 6.45) is 4.24. The molecular weight excluding hydrogens is 386 g/mol. The third kappa shape index (κ3) is 4.65. The number of aryl methyl sites for hydroxylation is 2. The minimum atomic E-state index is -3.67. The first-order valence-corrected chi connectivity index (χ1v) is 10.7. The highest BCUT2D eigenvalue weighted by Gasteiger charge is 2.37. The third-order valence-electron chi connectivity index (χ3n) is 5.93. The molecule has 1 N–H and O–H groups in total. The van der Waals surface area contributed by atoms with Crippen LogP contribution in [0.1, 0.15) is 36.8 Å². The van der Waals surface area contributed by atoms with Crippen molar-refractivity contribution in [3.8, 4) is 0 Å². The number of amides is 1. The van der Waals surface area contributed by atoms with Crippen LogP contribution in [0, 0.1) is 13.8 Å². The predicted octanol–water partition coefficient (Wildman–Crippen LogP) is 2.09. The molecule has 2 saturated heterocycles. The monoisotopic (exact) mass is 415 g/mol. The van der Waals surface area contributed by atoms with Crippen molar-refractivity contribution in [3.63, 3.8) is 0 Å². The van der Waals surface area contributed by atoms with Crippen LogP contribution in [-0.2, 0) is 14.8 Å². The molecule has 0 aromatic heterocycles. The number of nitrogens with zero attached hydrogens (tertiary/aromatic N) is 2. The van der Waals surface area contributed by atoms with Gasteiger partial charge in [-0.05, 0) is 62.8 Å². The molecule has 27 heavy (non-hydrogen) atoms. The maximum absolute atomic E-state index is 12.8. The smallest absolute Gasteiger partial charge is 0.243 e. The number of benzene rings is 1. The molecule has 6 nitrogen and oxygen atoms in total. The van der Waals surface area contributed by atoms with Gasteiger partial charge in [-0.15, -0.1) is 12.4 Å². The summed E-state index contributed by atoms with van der Waals surface area (Å²) in [6, 6.07) is 6.25. The average Bonchev–Trinajstić information content (AvgIpc) is 2.94. The summed E-state index contributed by atoms with van der Waals surface area (Å²) in [5, 5.41) is 3.57. The zero-order valence-corrected chi connectivity index (χ0v) is 18.1. The van der Waals surface area contributed by atoms with E-state index in [1.165, 1.54) is 19.9 Å². The van der Waals surface area contributed by atoms with Gasteiger partial charge in [-0.2, -0.15) is 4.31 Å².